The fraction of sp³-hybridized carbons (Fsp3) is 0.0667. The number of hydrogen-bond donors (Lipinski definition) is 2. The Hall–Kier alpha value is -2.71. The summed E-state index contributed by atoms with van der Waals surface area (Å²) in [6.45, 7) is 0. The van der Waals surface area contributed by atoms with E-state index in [4.69, 9.17) is 9.66 Å². The summed E-state index contributed by atoms with van der Waals surface area (Å²) in [4.78, 5) is 12.0. The van der Waals surface area contributed by atoms with Crippen LogP contribution in [0.15, 0.2) is 57.9 Å². The van der Waals surface area contributed by atoms with Crippen LogP contribution in [0, 0.1) is 0 Å². The van der Waals surface area contributed by atoms with E-state index in [9.17, 15) is 13.2 Å². The number of carbonyl (C=O) groups excluding carboxylic acids is 1. The van der Waals surface area contributed by atoms with Gasteiger partial charge in [0.15, 0.2) is 5.58 Å². The van der Waals surface area contributed by atoms with Crippen molar-refractivity contribution < 1.29 is 17.7 Å². The lowest BCUT2D eigenvalue weighted by Gasteiger charge is -2.05. The first-order valence-electron chi connectivity index (χ1n) is 6.69. The molecule has 1 amide bonds. The number of nitrogens with one attached hydrogen (secondary N) is 1. The molecule has 3 rings (SSSR count). The maximum atomic E-state index is 12.1. The third-order valence-electron chi connectivity index (χ3n) is 3.23. The van der Waals surface area contributed by atoms with Crippen LogP contribution in [0.1, 0.15) is 5.69 Å². The van der Waals surface area contributed by atoms with E-state index >= 15 is 0 Å². The van der Waals surface area contributed by atoms with Crippen LogP contribution in [-0.4, -0.2) is 19.5 Å². The molecule has 7 nitrogen and oxygen atoms in total. The Bertz CT molecular complexity index is 979. The van der Waals surface area contributed by atoms with Crippen molar-refractivity contribution in [2.45, 2.75) is 11.3 Å². The zero-order chi connectivity index (χ0) is 16.4. The first-order chi connectivity index (χ1) is 10.9. The molecule has 1 aromatic heterocycles. The van der Waals surface area contributed by atoms with E-state index in [0.29, 0.717) is 17.0 Å². The summed E-state index contributed by atoms with van der Waals surface area (Å²) in [6.07, 6.45) is 0.0105. The van der Waals surface area contributed by atoms with Crippen molar-refractivity contribution >= 4 is 32.6 Å². The van der Waals surface area contributed by atoms with Gasteiger partial charge < -0.3 is 9.84 Å². The van der Waals surface area contributed by atoms with Gasteiger partial charge in [-0.1, -0.05) is 23.4 Å². The van der Waals surface area contributed by atoms with E-state index in [1.54, 1.807) is 12.1 Å². The second-order valence-corrected chi connectivity index (χ2v) is 6.48. The summed E-state index contributed by atoms with van der Waals surface area (Å²) in [5.74, 6) is -0.337. The maximum absolute atomic E-state index is 12.1. The van der Waals surface area contributed by atoms with Crippen LogP contribution >= 0.6 is 0 Å². The first-order valence-corrected chi connectivity index (χ1v) is 8.24. The van der Waals surface area contributed by atoms with Crippen LogP contribution in [0.5, 0.6) is 0 Å². The normalized spacial score (nSPS) is 11.5. The molecule has 2 aromatic carbocycles. The largest absolute Gasteiger partial charge is 0.356 e. The third kappa shape index (κ3) is 3.38. The topological polar surface area (TPSA) is 115 Å². The highest BCUT2D eigenvalue weighted by atomic mass is 32.2. The van der Waals surface area contributed by atoms with E-state index in [1.165, 1.54) is 18.2 Å². The van der Waals surface area contributed by atoms with E-state index in [0.717, 1.165) is 5.39 Å². The number of fused-ring (bicyclic) bond motifs is 1. The molecular formula is C15H13N3O4S. The molecule has 0 aliphatic heterocycles. The molecule has 3 N–H and O–H groups in total. The van der Waals surface area contributed by atoms with Crippen LogP contribution < -0.4 is 10.5 Å². The van der Waals surface area contributed by atoms with E-state index in [2.05, 4.69) is 10.5 Å². The van der Waals surface area contributed by atoms with E-state index in [1.807, 2.05) is 18.2 Å². The number of nitrogens with zero attached hydrogens (tertiary/aromatic N) is 1. The number of rotatable bonds is 4. The highest BCUT2D eigenvalue weighted by Crippen LogP contribution is 2.19. The zero-order valence-electron chi connectivity index (χ0n) is 11.9. The summed E-state index contributed by atoms with van der Waals surface area (Å²) in [5.41, 5.74) is 1.46. The summed E-state index contributed by atoms with van der Waals surface area (Å²) in [6, 6.07) is 13.0. The number of hydrogen-bond acceptors (Lipinski definition) is 5. The Morgan fingerprint density at radius 1 is 1.17 bits per heavy atom. The number of primary sulfonamides is 1. The lowest BCUT2D eigenvalue weighted by Crippen LogP contribution is -2.16. The summed E-state index contributed by atoms with van der Waals surface area (Å²) >= 11 is 0. The molecule has 0 fully saturated rings. The molecule has 0 atom stereocenters. The number of carbonyl (C=O) groups is 1. The number of nitrogens with two attached hydrogens (primary N) is 1. The van der Waals surface area contributed by atoms with E-state index < -0.39 is 10.0 Å². The summed E-state index contributed by atoms with van der Waals surface area (Å²) < 4.78 is 27.8. The van der Waals surface area contributed by atoms with Crippen molar-refractivity contribution in [3.8, 4) is 0 Å². The minimum Gasteiger partial charge on any atom is -0.356 e. The fourth-order valence-electron chi connectivity index (χ4n) is 2.17. The van der Waals surface area contributed by atoms with Crippen LogP contribution in [0.3, 0.4) is 0 Å². The van der Waals surface area contributed by atoms with Gasteiger partial charge in [0.05, 0.1) is 11.3 Å². The molecule has 3 aromatic rings. The molecule has 0 spiro atoms. The summed E-state index contributed by atoms with van der Waals surface area (Å²) in [5, 5.41) is 12.3. The van der Waals surface area contributed by atoms with Gasteiger partial charge in [0.2, 0.25) is 15.9 Å². The molecule has 8 heteroatoms. The van der Waals surface area contributed by atoms with Gasteiger partial charge in [-0.15, -0.1) is 0 Å². The van der Waals surface area contributed by atoms with Crippen molar-refractivity contribution in [1.82, 2.24) is 5.16 Å². The molecule has 118 valence electrons. The highest BCUT2D eigenvalue weighted by Gasteiger charge is 2.13. The molecule has 0 aliphatic carbocycles. The average Bonchev–Trinajstić information content (AvgIpc) is 2.90. The lowest BCUT2D eigenvalue weighted by molar-refractivity contribution is -0.115. The number of sulfonamides is 1. The van der Waals surface area contributed by atoms with Gasteiger partial charge in [0.1, 0.15) is 5.69 Å². The minimum atomic E-state index is -3.82. The Labute approximate surface area is 132 Å². The first kappa shape index (κ1) is 15.2. The van der Waals surface area contributed by atoms with Crippen LogP contribution in [0.2, 0.25) is 0 Å². The van der Waals surface area contributed by atoms with Gasteiger partial charge in [0.25, 0.3) is 0 Å². The smallest absolute Gasteiger partial charge is 0.238 e. The Balaban J connectivity index is 1.77. The molecule has 0 radical (unpaired) electrons. The SMILES string of the molecule is NS(=O)(=O)c1cccc(NC(=O)Cc2noc3ccccc23)c1. The Morgan fingerprint density at radius 2 is 1.96 bits per heavy atom. The zero-order valence-corrected chi connectivity index (χ0v) is 12.7. The molecule has 23 heavy (non-hydrogen) atoms. The monoisotopic (exact) mass is 331 g/mol. The second kappa shape index (κ2) is 5.82. The second-order valence-electron chi connectivity index (χ2n) is 4.92. The Morgan fingerprint density at radius 3 is 2.74 bits per heavy atom. The minimum absolute atomic E-state index is 0.0105. The van der Waals surface area contributed by atoms with Crippen molar-refractivity contribution in [3.63, 3.8) is 0 Å². The van der Waals surface area contributed by atoms with Gasteiger partial charge in [0, 0.05) is 11.1 Å². The number of benzene rings is 2. The number of aromatic nitrogens is 1. The van der Waals surface area contributed by atoms with Crippen molar-refractivity contribution in [2.75, 3.05) is 5.32 Å². The van der Waals surface area contributed by atoms with Crippen LogP contribution in [0.4, 0.5) is 5.69 Å². The number of anilines is 1. The molecule has 0 unspecified atom stereocenters. The van der Waals surface area contributed by atoms with Crippen LogP contribution in [-0.2, 0) is 21.2 Å². The predicted molar refractivity (Wildman–Crippen MR) is 84.2 cm³/mol. The molecular weight excluding hydrogens is 318 g/mol. The average molecular weight is 331 g/mol. The van der Waals surface area contributed by atoms with Crippen LogP contribution in [0.25, 0.3) is 11.0 Å². The van der Waals surface area contributed by atoms with Gasteiger partial charge in [-0.25, -0.2) is 13.6 Å². The maximum Gasteiger partial charge on any atom is 0.238 e. The fourth-order valence-corrected chi connectivity index (χ4v) is 2.73. The predicted octanol–water partition coefficient (Wildman–Crippen LogP) is 1.66. The molecule has 0 aliphatic rings. The van der Waals surface area contributed by atoms with Gasteiger partial charge >= 0.3 is 0 Å². The Kier molecular flexibility index (Phi) is 3.85. The number of para-hydroxylation sites is 1. The van der Waals surface area contributed by atoms with Gasteiger partial charge in [-0.3, -0.25) is 4.79 Å². The molecule has 0 saturated carbocycles. The molecule has 0 bridgehead atoms. The molecule has 1 heterocycles. The van der Waals surface area contributed by atoms with Crippen molar-refractivity contribution in [3.05, 3.63) is 54.2 Å². The van der Waals surface area contributed by atoms with Crippen molar-refractivity contribution in [1.29, 1.82) is 0 Å². The third-order valence-corrected chi connectivity index (χ3v) is 4.14. The van der Waals surface area contributed by atoms with Gasteiger partial charge in [-0.05, 0) is 30.3 Å². The molecule has 0 saturated heterocycles. The quantitative estimate of drug-likeness (QED) is 0.754. The lowest BCUT2D eigenvalue weighted by atomic mass is 10.1. The van der Waals surface area contributed by atoms with E-state index in [-0.39, 0.29) is 17.2 Å². The van der Waals surface area contributed by atoms with Gasteiger partial charge in [-0.2, -0.15) is 0 Å². The van der Waals surface area contributed by atoms with Crippen molar-refractivity contribution in [2.24, 2.45) is 5.14 Å². The number of amides is 1. The summed E-state index contributed by atoms with van der Waals surface area (Å²) in [7, 11) is -3.82. The standard InChI is InChI=1S/C15H13N3O4S/c16-23(20,21)11-5-3-4-10(8-11)17-15(19)9-13-12-6-1-2-7-14(12)22-18-13/h1-8H,9H2,(H,17,19)(H2,16,20,21). The highest BCUT2D eigenvalue weighted by molar-refractivity contribution is 7.89.